The van der Waals surface area contributed by atoms with E-state index in [2.05, 4.69) is 26.3 Å². The molecular weight excluding hydrogens is 579 g/mol. The molecule has 0 saturated carbocycles. The van der Waals surface area contributed by atoms with Crippen molar-refractivity contribution in [3.05, 3.63) is 109 Å². The molecule has 4 aromatic carbocycles. The van der Waals surface area contributed by atoms with Gasteiger partial charge in [0, 0.05) is 27.7 Å². The number of fused-ring (bicyclic) bond motifs is 3. The zero-order valence-corrected chi connectivity index (χ0v) is 25.2. The minimum atomic E-state index is -0.752. The SMILES string of the molecule is C=C(C)C(=O)Oc1ccc(-c2ccc3cc(OC(=O)C(=C)C)c4c(OC(=O)C(=C)C)ccc(F)c4c3c2)cc1OC(=O)C(=C)C. The Bertz CT molecular complexity index is 2000. The molecule has 0 radical (unpaired) electrons. The van der Waals surface area contributed by atoms with Crippen LogP contribution in [0.1, 0.15) is 27.7 Å². The molecule has 0 bridgehead atoms. The van der Waals surface area contributed by atoms with Gasteiger partial charge in [-0.3, -0.25) is 0 Å². The van der Waals surface area contributed by atoms with Gasteiger partial charge in [0.15, 0.2) is 11.5 Å². The van der Waals surface area contributed by atoms with Crippen molar-refractivity contribution >= 4 is 45.4 Å². The van der Waals surface area contributed by atoms with Crippen LogP contribution in [-0.2, 0) is 19.2 Å². The van der Waals surface area contributed by atoms with Crippen molar-refractivity contribution in [3.8, 4) is 34.1 Å². The molecule has 0 atom stereocenters. The van der Waals surface area contributed by atoms with Crippen LogP contribution in [0.15, 0.2) is 103 Å². The van der Waals surface area contributed by atoms with E-state index in [1.807, 2.05) is 0 Å². The first-order valence-corrected chi connectivity index (χ1v) is 13.5. The Morgan fingerprint density at radius 1 is 0.511 bits per heavy atom. The van der Waals surface area contributed by atoms with Crippen LogP contribution >= 0.6 is 0 Å². The number of hydrogen-bond donors (Lipinski definition) is 0. The van der Waals surface area contributed by atoms with Crippen LogP contribution in [0.5, 0.6) is 23.0 Å². The van der Waals surface area contributed by atoms with Crippen molar-refractivity contribution in [2.24, 2.45) is 0 Å². The minimum absolute atomic E-state index is 0.0202. The molecule has 0 aliphatic heterocycles. The molecule has 0 unspecified atom stereocenters. The number of carbonyl (C=O) groups is 4. The summed E-state index contributed by atoms with van der Waals surface area (Å²) in [6, 6.07) is 13.6. The highest BCUT2D eigenvalue weighted by atomic mass is 19.1. The van der Waals surface area contributed by atoms with Crippen LogP contribution in [0.4, 0.5) is 4.39 Å². The largest absolute Gasteiger partial charge is 0.422 e. The van der Waals surface area contributed by atoms with Gasteiger partial charge in [-0.1, -0.05) is 44.5 Å². The third-order valence-electron chi connectivity index (χ3n) is 6.45. The molecule has 0 heterocycles. The number of halogens is 1. The first-order valence-electron chi connectivity index (χ1n) is 13.5. The molecule has 0 saturated heterocycles. The minimum Gasteiger partial charge on any atom is -0.422 e. The molecule has 0 fully saturated rings. The first-order chi connectivity index (χ1) is 21.2. The Morgan fingerprint density at radius 3 is 1.51 bits per heavy atom. The Kier molecular flexibility index (Phi) is 9.13. The van der Waals surface area contributed by atoms with Gasteiger partial charge >= 0.3 is 23.9 Å². The van der Waals surface area contributed by atoms with E-state index < -0.39 is 29.7 Å². The van der Waals surface area contributed by atoms with E-state index >= 15 is 4.39 Å². The fourth-order valence-electron chi connectivity index (χ4n) is 4.12. The number of esters is 4. The Hall–Kier alpha value is -5.83. The summed E-state index contributed by atoms with van der Waals surface area (Å²) in [6.45, 7) is 20.2. The van der Waals surface area contributed by atoms with Gasteiger partial charge in [-0.15, -0.1) is 0 Å². The number of hydrogen-bond acceptors (Lipinski definition) is 8. The summed E-state index contributed by atoms with van der Waals surface area (Å²) in [5.41, 5.74) is 1.56. The lowest BCUT2D eigenvalue weighted by molar-refractivity contribution is -0.132. The third kappa shape index (κ3) is 6.88. The Labute approximate surface area is 258 Å². The maximum atomic E-state index is 15.7. The van der Waals surface area contributed by atoms with E-state index in [4.69, 9.17) is 18.9 Å². The number of ether oxygens (including phenoxy) is 4. The van der Waals surface area contributed by atoms with E-state index in [0.717, 1.165) is 6.07 Å². The Balaban J connectivity index is 1.96. The van der Waals surface area contributed by atoms with Crippen LogP contribution in [0.2, 0.25) is 0 Å². The summed E-state index contributed by atoms with van der Waals surface area (Å²) in [4.78, 5) is 49.6. The van der Waals surface area contributed by atoms with Crippen LogP contribution in [0.25, 0.3) is 32.7 Å². The molecule has 4 rings (SSSR count). The molecule has 8 nitrogen and oxygen atoms in total. The van der Waals surface area contributed by atoms with Crippen LogP contribution < -0.4 is 18.9 Å². The normalized spacial score (nSPS) is 10.6. The maximum absolute atomic E-state index is 15.7. The number of carbonyl (C=O) groups excluding carboxylic acids is 4. The van der Waals surface area contributed by atoms with Gasteiger partial charge in [0.1, 0.15) is 17.3 Å². The second-order valence-corrected chi connectivity index (χ2v) is 10.4. The molecule has 45 heavy (non-hydrogen) atoms. The lowest BCUT2D eigenvalue weighted by Gasteiger charge is -2.16. The molecule has 4 aromatic rings. The van der Waals surface area contributed by atoms with Gasteiger partial charge in [0.2, 0.25) is 0 Å². The van der Waals surface area contributed by atoms with E-state index in [1.165, 1.54) is 52.0 Å². The van der Waals surface area contributed by atoms with Crippen molar-refractivity contribution in [1.29, 1.82) is 0 Å². The molecule has 0 N–H and O–H groups in total. The van der Waals surface area contributed by atoms with E-state index in [0.29, 0.717) is 21.9 Å². The van der Waals surface area contributed by atoms with E-state index in [9.17, 15) is 19.2 Å². The number of rotatable bonds is 9. The quantitative estimate of drug-likeness (QED) is 0.0823. The molecule has 0 aromatic heterocycles. The highest BCUT2D eigenvalue weighted by Crippen LogP contribution is 2.43. The summed E-state index contributed by atoms with van der Waals surface area (Å²) in [5, 5.41) is 0.953. The standard InChI is InChI=1S/C36H29FO8/c1-18(2)33(38)42-27-13-11-23(16-29(27)44-35(40)20(5)6)22-9-10-24-17-30(45-36(41)21(7)8)32-28(43-34(39)19(3)4)14-12-26(37)31(32)25(24)15-22/h9-17H,1,3,5,7H2,2,4,6,8H3. The second-order valence-electron chi connectivity index (χ2n) is 10.4. The predicted octanol–water partition coefficient (Wildman–Crippen LogP) is 7.73. The molecule has 0 spiro atoms. The molecule has 0 aliphatic rings. The molecular formula is C36H29FO8. The zero-order chi connectivity index (χ0) is 33.2. The predicted molar refractivity (Wildman–Crippen MR) is 169 cm³/mol. The molecule has 0 amide bonds. The fourth-order valence-corrected chi connectivity index (χ4v) is 4.12. The highest BCUT2D eigenvalue weighted by Gasteiger charge is 2.22. The summed E-state index contributed by atoms with van der Waals surface area (Å²) in [5.74, 6) is -3.79. The van der Waals surface area contributed by atoms with Gasteiger partial charge in [-0.2, -0.15) is 0 Å². The van der Waals surface area contributed by atoms with Crippen LogP contribution in [0.3, 0.4) is 0 Å². The lowest BCUT2D eigenvalue weighted by atomic mass is 9.95. The zero-order valence-electron chi connectivity index (χ0n) is 25.2. The molecule has 9 heteroatoms. The third-order valence-corrected chi connectivity index (χ3v) is 6.45. The van der Waals surface area contributed by atoms with Gasteiger partial charge in [-0.25, -0.2) is 23.6 Å². The van der Waals surface area contributed by atoms with Crippen LogP contribution in [-0.4, -0.2) is 23.9 Å². The van der Waals surface area contributed by atoms with Gasteiger partial charge in [-0.05, 0) is 86.0 Å². The van der Waals surface area contributed by atoms with Gasteiger partial charge in [0.25, 0.3) is 0 Å². The van der Waals surface area contributed by atoms with Crippen molar-refractivity contribution in [2.75, 3.05) is 0 Å². The average Bonchev–Trinajstić information content (AvgIpc) is 2.98. The second kappa shape index (κ2) is 12.8. The molecule has 228 valence electrons. The monoisotopic (exact) mass is 608 g/mol. The summed E-state index contributed by atoms with van der Waals surface area (Å²) in [6.07, 6.45) is 0. The molecule has 0 aliphatic carbocycles. The Morgan fingerprint density at radius 2 is 0.956 bits per heavy atom. The van der Waals surface area contributed by atoms with Crippen LogP contribution in [0, 0.1) is 5.82 Å². The van der Waals surface area contributed by atoms with Gasteiger partial charge < -0.3 is 18.9 Å². The lowest BCUT2D eigenvalue weighted by Crippen LogP contribution is -2.12. The van der Waals surface area contributed by atoms with Crippen molar-refractivity contribution in [1.82, 2.24) is 0 Å². The summed E-state index contributed by atoms with van der Waals surface area (Å²) in [7, 11) is 0. The van der Waals surface area contributed by atoms with Crippen molar-refractivity contribution < 1.29 is 42.5 Å². The fraction of sp³-hybridized carbons (Fsp3) is 0.111. The van der Waals surface area contributed by atoms with Crippen molar-refractivity contribution in [3.63, 3.8) is 0 Å². The maximum Gasteiger partial charge on any atom is 0.338 e. The smallest absolute Gasteiger partial charge is 0.338 e. The highest BCUT2D eigenvalue weighted by molar-refractivity contribution is 6.15. The first kappa shape index (κ1) is 32.1. The topological polar surface area (TPSA) is 105 Å². The van der Waals surface area contributed by atoms with E-state index in [1.54, 1.807) is 24.3 Å². The number of benzene rings is 4. The van der Waals surface area contributed by atoms with Gasteiger partial charge in [0.05, 0.1) is 5.39 Å². The van der Waals surface area contributed by atoms with Crippen molar-refractivity contribution in [2.45, 2.75) is 27.7 Å². The van der Waals surface area contributed by atoms with E-state index in [-0.39, 0.29) is 56.1 Å². The summed E-state index contributed by atoms with van der Waals surface area (Å²) >= 11 is 0. The summed E-state index contributed by atoms with van der Waals surface area (Å²) < 4.78 is 37.6. The average molecular weight is 609 g/mol.